The molecule has 0 bridgehead atoms. The van der Waals surface area contributed by atoms with Gasteiger partial charge in [0.05, 0.1) is 19.6 Å². The van der Waals surface area contributed by atoms with Gasteiger partial charge in [-0.2, -0.15) is 0 Å². The van der Waals surface area contributed by atoms with Gasteiger partial charge in [-0.15, -0.1) is 0 Å². The third-order valence-corrected chi connectivity index (χ3v) is 7.48. The predicted molar refractivity (Wildman–Crippen MR) is 201 cm³/mol. The summed E-state index contributed by atoms with van der Waals surface area (Å²) in [6.45, 7) is 3.30. The molecule has 3 N–H and O–H groups in total. The third kappa shape index (κ3) is 34.6. The van der Waals surface area contributed by atoms with Gasteiger partial charge in [-0.3, -0.25) is 18.6 Å². The number of rotatable bonds is 31. The minimum atomic E-state index is -4.41. The van der Waals surface area contributed by atoms with Crippen molar-refractivity contribution in [3.63, 3.8) is 0 Å². The zero-order valence-electron chi connectivity index (χ0n) is 29.9. The SMILES string of the molecule is CC/C=C\C/C=C\C/C=C\C/C=C\C/C=C\CC(=O)OC(COC(=O)CCCCC/C=C\C/C=C\C/C=C\CC)COP(=O)(O)OCCN. The number of carbonyl (C=O) groups excluding carboxylic acids is 2. The van der Waals surface area contributed by atoms with Crippen LogP contribution in [-0.4, -0.2) is 49.3 Å². The van der Waals surface area contributed by atoms with Crippen LogP contribution in [0.4, 0.5) is 0 Å². The highest BCUT2D eigenvalue weighted by molar-refractivity contribution is 7.47. The molecule has 0 fully saturated rings. The average molecular weight is 704 g/mol. The normalized spacial score (nSPS) is 14.6. The third-order valence-electron chi connectivity index (χ3n) is 6.50. The molecule has 49 heavy (non-hydrogen) atoms. The summed E-state index contributed by atoms with van der Waals surface area (Å²) in [5.41, 5.74) is 5.31. The molecule has 0 amide bonds. The van der Waals surface area contributed by atoms with E-state index in [0.717, 1.165) is 64.2 Å². The van der Waals surface area contributed by atoms with E-state index in [0.29, 0.717) is 12.8 Å². The number of phosphoric ester groups is 1. The Balaban J connectivity index is 4.49. The molecule has 9 nitrogen and oxygen atoms in total. The second-order valence-corrected chi connectivity index (χ2v) is 12.4. The molecule has 0 spiro atoms. The zero-order valence-corrected chi connectivity index (χ0v) is 30.8. The molecule has 0 rings (SSSR count). The summed E-state index contributed by atoms with van der Waals surface area (Å²) in [7, 11) is -4.41. The summed E-state index contributed by atoms with van der Waals surface area (Å²) >= 11 is 0. The van der Waals surface area contributed by atoms with E-state index in [4.69, 9.17) is 24.3 Å². The summed E-state index contributed by atoms with van der Waals surface area (Å²) < 4.78 is 32.4. The molecule has 0 aliphatic carbocycles. The number of allylic oxidation sites excluding steroid dienone is 15. The van der Waals surface area contributed by atoms with Crippen molar-refractivity contribution < 1.29 is 37.6 Å². The van der Waals surface area contributed by atoms with Gasteiger partial charge in [0, 0.05) is 13.0 Å². The first-order chi connectivity index (χ1) is 23.8. The van der Waals surface area contributed by atoms with Gasteiger partial charge < -0.3 is 20.1 Å². The Morgan fingerprint density at radius 2 is 1.12 bits per heavy atom. The fourth-order valence-corrected chi connectivity index (χ4v) is 4.72. The summed E-state index contributed by atoms with van der Waals surface area (Å²) in [5.74, 6) is -1.03. The summed E-state index contributed by atoms with van der Waals surface area (Å²) in [6.07, 6.45) is 43.3. The largest absolute Gasteiger partial charge is 0.472 e. The van der Waals surface area contributed by atoms with Crippen LogP contribution < -0.4 is 5.73 Å². The molecule has 10 heteroatoms. The van der Waals surface area contributed by atoms with Gasteiger partial charge in [-0.25, -0.2) is 4.57 Å². The second kappa shape index (κ2) is 34.8. The molecule has 2 atom stereocenters. The number of hydrogen-bond donors (Lipinski definition) is 2. The number of ether oxygens (including phenoxy) is 2. The number of carbonyl (C=O) groups is 2. The maximum atomic E-state index is 12.4. The van der Waals surface area contributed by atoms with Crippen LogP contribution in [0.5, 0.6) is 0 Å². The number of esters is 2. The molecule has 0 aliphatic heterocycles. The van der Waals surface area contributed by atoms with Crippen molar-refractivity contribution in [2.75, 3.05) is 26.4 Å². The van der Waals surface area contributed by atoms with E-state index in [1.165, 1.54) is 0 Å². The van der Waals surface area contributed by atoms with E-state index in [-0.39, 0.29) is 32.6 Å². The van der Waals surface area contributed by atoms with Crippen molar-refractivity contribution in [1.29, 1.82) is 0 Å². The molecule has 0 aromatic heterocycles. The van der Waals surface area contributed by atoms with Gasteiger partial charge in [0.2, 0.25) is 0 Å². The van der Waals surface area contributed by atoms with Crippen LogP contribution in [0.1, 0.15) is 104 Å². The number of unbranched alkanes of at least 4 members (excludes halogenated alkanes) is 3. The molecule has 0 heterocycles. The van der Waals surface area contributed by atoms with Crippen LogP contribution in [0.3, 0.4) is 0 Å². The maximum absolute atomic E-state index is 12.4. The molecule has 0 aromatic rings. The molecule has 2 unspecified atom stereocenters. The minimum absolute atomic E-state index is 0.0144. The highest BCUT2D eigenvalue weighted by atomic mass is 31.2. The van der Waals surface area contributed by atoms with Gasteiger partial charge in [0.15, 0.2) is 6.10 Å². The van der Waals surface area contributed by atoms with Gasteiger partial charge in [-0.1, -0.05) is 117 Å². The number of nitrogens with two attached hydrogens (primary N) is 1. The van der Waals surface area contributed by atoms with Crippen molar-refractivity contribution in [3.05, 3.63) is 97.2 Å². The Morgan fingerprint density at radius 3 is 1.63 bits per heavy atom. The Morgan fingerprint density at radius 1 is 0.633 bits per heavy atom. The summed E-state index contributed by atoms with van der Waals surface area (Å²) in [5, 5.41) is 0. The topological polar surface area (TPSA) is 134 Å². The number of phosphoric acid groups is 1. The van der Waals surface area contributed by atoms with Gasteiger partial charge >= 0.3 is 19.8 Å². The smallest absolute Gasteiger partial charge is 0.462 e. The minimum Gasteiger partial charge on any atom is -0.462 e. The van der Waals surface area contributed by atoms with Crippen LogP contribution in [0.25, 0.3) is 0 Å². The molecular weight excluding hydrogens is 641 g/mol. The Hall–Kier alpha value is -3.07. The predicted octanol–water partition coefficient (Wildman–Crippen LogP) is 9.48. The molecule has 0 saturated heterocycles. The molecule has 0 saturated carbocycles. The summed E-state index contributed by atoms with van der Waals surface area (Å²) in [4.78, 5) is 34.6. The Kier molecular flexibility index (Phi) is 32.6. The number of hydrogen-bond acceptors (Lipinski definition) is 8. The lowest BCUT2D eigenvalue weighted by Crippen LogP contribution is -2.29. The van der Waals surface area contributed by atoms with Crippen molar-refractivity contribution in [2.45, 2.75) is 110 Å². The highest BCUT2D eigenvalue weighted by Gasteiger charge is 2.25. The van der Waals surface area contributed by atoms with Crippen LogP contribution in [0.2, 0.25) is 0 Å². The lowest BCUT2D eigenvalue weighted by atomic mass is 10.1. The second-order valence-electron chi connectivity index (χ2n) is 11.0. The van der Waals surface area contributed by atoms with Crippen molar-refractivity contribution >= 4 is 19.8 Å². The first-order valence-electron chi connectivity index (χ1n) is 17.7. The van der Waals surface area contributed by atoms with E-state index in [2.05, 4.69) is 92.8 Å². The van der Waals surface area contributed by atoms with Crippen LogP contribution in [0.15, 0.2) is 97.2 Å². The lowest BCUT2D eigenvalue weighted by Gasteiger charge is -2.19. The first-order valence-corrected chi connectivity index (χ1v) is 19.2. The summed E-state index contributed by atoms with van der Waals surface area (Å²) in [6, 6.07) is 0. The van der Waals surface area contributed by atoms with Crippen LogP contribution in [0, 0.1) is 0 Å². The monoisotopic (exact) mass is 703 g/mol. The van der Waals surface area contributed by atoms with Crippen LogP contribution in [-0.2, 0) is 32.7 Å². The first kappa shape index (κ1) is 45.9. The zero-order chi connectivity index (χ0) is 36.1. The highest BCUT2D eigenvalue weighted by Crippen LogP contribution is 2.43. The van der Waals surface area contributed by atoms with Crippen molar-refractivity contribution in [1.82, 2.24) is 0 Å². The molecule has 0 radical (unpaired) electrons. The van der Waals surface area contributed by atoms with Gasteiger partial charge in [0.1, 0.15) is 6.61 Å². The lowest BCUT2D eigenvalue weighted by molar-refractivity contribution is -0.160. The maximum Gasteiger partial charge on any atom is 0.472 e. The van der Waals surface area contributed by atoms with Gasteiger partial charge in [-0.05, 0) is 70.6 Å². The molecular formula is C39H62NO8P. The van der Waals surface area contributed by atoms with E-state index >= 15 is 0 Å². The standard InChI is InChI=1S/C39H62NO8P/c1-3-5-7-9-11-13-15-17-18-20-22-24-26-28-30-32-39(42)48-37(36-47-49(43,44)46-34-33-40)35-45-38(41)31-29-27-25-23-21-19-16-14-12-10-8-6-4-2/h5-8,11-14,17-19,21-22,24,28,30,37H,3-4,9-10,15-16,20,23,25-27,29,31-36,40H2,1-2H3,(H,43,44)/b7-5-,8-6-,13-11-,14-12-,18-17-,21-19-,24-22-,30-28-. The Bertz CT molecular complexity index is 1120. The van der Waals surface area contributed by atoms with E-state index in [1.807, 2.05) is 12.2 Å². The average Bonchev–Trinajstić information content (AvgIpc) is 3.08. The van der Waals surface area contributed by atoms with Crippen LogP contribution >= 0.6 is 7.82 Å². The van der Waals surface area contributed by atoms with Gasteiger partial charge in [0.25, 0.3) is 0 Å². The van der Waals surface area contributed by atoms with E-state index in [1.54, 1.807) is 6.08 Å². The quantitative estimate of drug-likeness (QED) is 0.0313. The van der Waals surface area contributed by atoms with E-state index < -0.39 is 32.5 Å². The van der Waals surface area contributed by atoms with Crippen molar-refractivity contribution in [3.8, 4) is 0 Å². The molecule has 0 aliphatic rings. The molecule has 276 valence electrons. The fraction of sp³-hybridized carbons (Fsp3) is 0.538. The van der Waals surface area contributed by atoms with E-state index in [9.17, 15) is 19.0 Å². The Labute approximate surface area is 296 Å². The molecule has 0 aromatic carbocycles. The fourth-order valence-electron chi connectivity index (χ4n) is 3.96. The van der Waals surface area contributed by atoms with Crippen molar-refractivity contribution in [2.24, 2.45) is 5.73 Å².